The third-order valence-corrected chi connectivity index (χ3v) is 5.47. The highest BCUT2D eigenvalue weighted by atomic mass is 16.5. The molecule has 1 aromatic carbocycles. The zero-order valence-electron chi connectivity index (χ0n) is 20.8. The molecule has 1 heterocycles. The van der Waals surface area contributed by atoms with E-state index in [4.69, 9.17) is 10.00 Å². The van der Waals surface area contributed by atoms with Crippen LogP contribution in [0.2, 0.25) is 0 Å². The number of ether oxygens (including phenoxy) is 1. The minimum Gasteiger partial charge on any atom is -0.466 e. The number of hydrogen-bond donors (Lipinski definition) is 2. The van der Waals surface area contributed by atoms with Gasteiger partial charge in [0.25, 0.3) is 0 Å². The van der Waals surface area contributed by atoms with Crippen LogP contribution in [0.1, 0.15) is 61.6 Å². The van der Waals surface area contributed by atoms with Crippen LogP contribution in [0.15, 0.2) is 42.7 Å². The third-order valence-electron chi connectivity index (χ3n) is 5.47. The Morgan fingerprint density at radius 1 is 1.09 bits per heavy atom. The monoisotopic (exact) mass is 480 g/mol. The number of carbonyl (C=O) groups excluding carboxylic acids is 4. The van der Waals surface area contributed by atoms with Gasteiger partial charge in [0.05, 0.1) is 24.7 Å². The molecule has 0 radical (unpaired) electrons. The summed E-state index contributed by atoms with van der Waals surface area (Å²) in [4.78, 5) is 50.7. The zero-order chi connectivity index (χ0) is 26.2. The second-order valence-electron chi connectivity index (χ2n) is 9.20. The molecule has 0 saturated heterocycles. The van der Waals surface area contributed by atoms with Gasteiger partial charge in [-0.3, -0.25) is 19.2 Å². The summed E-state index contributed by atoms with van der Waals surface area (Å²) in [6.45, 7) is 7.30. The Kier molecular flexibility index (Phi) is 9.34. The third kappa shape index (κ3) is 7.54. The van der Waals surface area contributed by atoms with Gasteiger partial charge in [0, 0.05) is 31.4 Å². The topological polar surface area (TPSA) is 130 Å². The van der Waals surface area contributed by atoms with Gasteiger partial charge < -0.3 is 19.9 Å². The van der Waals surface area contributed by atoms with E-state index in [2.05, 4.69) is 10.6 Å². The van der Waals surface area contributed by atoms with Gasteiger partial charge >= 0.3 is 5.97 Å². The Labute approximate surface area is 205 Å². The van der Waals surface area contributed by atoms with Crippen molar-refractivity contribution >= 4 is 23.6 Å². The molecular weight excluding hydrogens is 448 g/mol. The van der Waals surface area contributed by atoms with Crippen molar-refractivity contribution < 1.29 is 23.9 Å². The van der Waals surface area contributed by atoms with Crippen LogP contribution in [0, 0.1) is 16.7 Å². The number of aromatic nitrogens is 1. The van der Waals surface area contributed by atoms with Gasteiger partial charge in [-0.25, -0.2) is 0 Å². The maximum absolute atomic E-state index is 13.3. The fraction of sp³-hybridized carbons (Fsp3) is 0.423. The fourth-order valence-electron chi connectivity index (χ4n) is 3.53. The summed E-state index contributed by atoms with van der Waals surface area (Å²) in [6.07, 6.45) is 2.93. The lowest BCUT2D eigenvalue weighted by atomic mass is 9.86. The molecule has 2 atom stereocenters. The van der Waals surface area contributed by atoms with E-state index in [1.807, 2.05) is 26.8 Å². The highest BCUT2D eigenvalue weighted by Gasteiger charge is 2.35. The smallest absolute Gasteiger partial charge is 0.308 e. The summed E-state index contributed by atoms with van der Waals surface area (Å²) < 4.78 is 6.52. The number of hydrogen-bond acceptors (Lipinski definition) is 6. The first-order chi connectivity index (χ1) is 16.5. The average molecular weight is 481 g/mol. The maximum Gasteiger partial charge on any atom is 0.308 e. The second-order valence-corrected chi connectivity index (χ2v) is 9.20. The largest absolute Gasteiger partial charge is 0.466 e. The van der Waals surface area contributed by atoms with Crippen LogP contribution in [0.5, 0.6) is 0 Å². The number of nitriles is 1. The molecule has 0 aliphatic heterocycles. The molecule has 2 N–H and O–H groups in total. The van der Waals surface area contributed by atoms with Crippen molar-refractivity contribution in [3.05, 3.63) is 59.4 Å². The number of Topliss-reactive ketones (excluding diaryl/α,β-unsaturated/α-hetero) is 1. The normalized spacial score (nSPS) is 12.7. The lowest BCUT2D eigenvalue weighted by molar-refractivity contribution is -0.146. The maximum atomic E-state index is 13.3. The van der Waals surface area contributed by atoms with E-state index in [0.29, 0.717) is 11.1 Å². The van der Waals surface area contributed by atoms with Crippen molar-refractivity contribution in [1.82, 2.24) is 15.2 Å². The standard InChI is InChI=1S/C26H32N4O5/c1-6-35-22(32)14-20(24(33)29-23(25(34)28-5)26(2,3)4)30-12-11-19(16-30)21(31)13-17-7-9-18(15-27)10-8-17/h7-12,16,20,23H,6,13-14H2,1-5H3,(H,28,34)(H,29,33)/t20-,23-/m1/s1. The van der Waals surface area contributed by atoms with Crippen LogP contribution in [-0.4, -0.2) is 47.8 Å². The molecule has 0 spiro atoms. The molecule has 9 nitrogen and oxygen atoms in total. The molecule has 0 aliphatic rings. The number of ketones is 1. The molecule has 0 fully saturated rings. The highest BCUT2D eigenvalue weighted by molar-refractivity contribution is 5.97. The highest BCUT2D eigenvalue weighted by Crippen LogP contribution is 2.22. The van der Waals surface area contributed by atoms with Crippen LogP contribution in [-0.2, 0) is 25.5 Å². The van der Waals surface area contributed by atoms with E-state index in [0.717, 1.165) is 5.56 Å². The lowest BCUT2D eigenvalue weighted by Gasteiger charge is -2.31. The van der Waals surface area contributed by atoms with Gasteiger partial charge in [0.15, 0.2) is 5.78 Å². The molecular formula is C26H32N4O5. The van der Waals surface area contributed by atoms with Gasteiger partial charge in [-0.15, -0.1) is 0 Å². The van der Waals surface area contributed by atoms with E-state index < -0.39 is 29.4 Å². The Hall–Kier alpha value is -3.93. The van der Waals surface area contributed by atoms with Gasteiger partial charge in [-0.05, 0) is 36.1 Å². The predicted molar refractivity (Wildman–Crippen MR) is 129 cm³/mol. The van der Waals surface area contributed by atoms with E-state index >= 15 is 0 Å². The number of rotatable bonds is 10. The van der Waals surface area contributed by atoms with Gasteiger partial charge in [-0.1, -0.05) is 32.9 Å². The molecule has 0 saturated carbocycles. The van der Waals surface area contributed by atoms with Crippen LogP contribution >= 0.6 is 0 Å². The molecule has 35 heavy (non-hydrogen) atoms. The summed E-state index contributed by atoms with van der Waals surface area (Å²) in [5.74, 6) is -1.64. The lowest BCUT2D eigenvalue weighted by Crippen LogP contribution is -2.54. The molecule has 1 aromatic heterocycles. The first-order valence-electron chi connectivity index (χ1n) is 11.4. The summed E-state index contributed by atoms with van der Waals surface area (Å²) >= 11 is 0. The molecule has 2 aromatic rings. The summed E-state index contributed by atoms with van der Waals surface area (Å²) in [6, 6.07) is 8.49. The first-order valence-corrected chi connectivity index (χ1v) is 11.4. The van der Waals surface area contributed by atoms with Gasteiger partial charge in [0.1, 0.15) is 12.1 Å². The number of benzene rings is 1. The van der Waals surface area contributed by atoms with Crippen LogP contribution in [0.25, 0.3) is 0 Å². The molecule has 2 amide bonds. The molecule has 186 valence electrons. The van der Waals surface area contributed by atoms with Crippen LogP contribution in [0.3, 0.4) is 0 Å². The van der Waals surface area contributed by atoms with Gasteiger partial charge in [-0.2, -0.15) is 5.26 Å². The van der Waals surface area contributed by atoms with Crippen molar-refractivity contribution in [2.24, 2.45) is 5.41 Å². The quantitative estimate of drug-likeness (QED) is 0.397. The van der Waals surface area contributed by atoms with Crippen molar-refractivity contribution in [2.75, 3.05) is 13.7 Å². The van der Waals surface area contributed by atoms with Crippen molar-refractivity contribution in [2.45, 2.75) is 52.6 Å². The molecule has 2 rings (SSSR count). The van der Waals surface area contributed by atoms with Crippen molar-refractivity contribution in [1.29, 1.82) is 5.26 Å². The fourth-order valence-corrected chi connectivity index (χ4v) is 3.53. The summed E-state index contributed by atoms with van der Waals surface area (Å²) in [5, 5.41) is 14.2. The Morgan fingerprint density at radius 3 is 2.29 bits per heavy atom. The molecule has 0 aliphatic carbocycles. The minimum absolute atomic E-state index is 0.118. The van der Waals surface area contributed by atoms with Crippen molar-refractivity contribution in [3.8, 4) is 6.07 Å². The number of amides is 2. The number of esters is 1. The number of likely N-dealkylation sites (N-methyl/N-ethyl adjacent to an activating group) is 1. The van der Waals surface area contributed by atoms with E-state index in [1.165, 1.54) is 17.8 Å². The first kappa shape index (κ1) is 27.3. The zero-order valence-corrected chi connectivity index (χ0v) is 20.8. The predicted octanol–water partition coefficient (Wildman–Crippen LogP) is 2.56. The number of carbonyl (C=O) groups is 4. The van der Waals surface area contributed by atoms with E-state index in [9.17, 15) is 19.2 Å². The Balaban J connectivity index is 2.28. The summed E-state index contributed by atoms with van der Waals surface area (Å²) in [5.41, 5.74) is 1.05. The van der Waals surface area contributed by atoms with Crippen LogP contribution in [0.4, 0.5) is 0 Å². The number of nitrogens with one attached hydrogen (secondary N) is 2. The SMILES string of the molecule is CCOC(=O)C[C@H](C(=O)N[C@H](C(=O)NC)C(C)(C)C)n1ccc(C(=O)Cc2ccc(C#N)cc2)c1. The second kappa shape index (κ2) is 12.0. The molecule has 9 heteroatoms. The van der Waals surface area contributed by atoms with Crippen molar-refractivity contribution in [3.63, 3.8) is 0 Å². The van der Waals surface area contributed by atoms with E-state index in [-0.39, 0.29) is 31.1 Å². The van der Waals surface area contributed by atoms with Gasteiger partial charge in [0.2, 0.25) is 11.8 Å². The summed E-state index contributed by atoms with van der Waals surface area (Å²) in [7, 11) is 1.49. The Morgan fingerprint density at radius 2 is 1.74 bits per heavy atom. The Bertz CT molecular complexity index is 1110. The number of nitrogens with zero attached hydrogens (tertiary/aromatic N) is 2. The van der Waals surface area contributed by atoms with E-state index in [1.54, 1.807) is 43.5 Å². The molecule has 0 unspecified atom stereocenters. The van der Waals surface area contributed by atoms with Crippen LogP contribution < -0.4 is 10.6 Å². The minimum atomic E-state index is -1.01. The molecule has 0 bridgehead atoms. The average Bonchev–Trinajstić information content (AvgIpc) is 3.30.